The Morgan fingerprint density at radius 2 is 2.10 bits per heavy atom. The molecule has 0 spiro atoms. The van der Waals surface area contributed by atoms with E-state index < -0.39 is 0 Å². The number of aromatic nitrogens is 2. The van der Waals surface area contributed by atoms with Crippen molar-refractivity contribution in [3.05, 3.63) is 52.6 Å². The summed E-state index contributed by atoms with van der Waals surface area (Å²) in [4.78, 5) is 16.7. The number of thiazole rings is 1. The highest BCUT2D eigenvalue weighted by Crippen LogP contribution is 2.28. The van der Waals surface area contributed by atoms with Gasteiger partial charge in [-0.3, -0.25) is 9.20 Å². The van der Waals surface area contributed by atoms with Crippen LogP contribution >= 0.6 is 22.9 Å². The summed E-state index contributed by atoms with van der Waals surface area (Å²) >= 11 is 7.48. The number of halogens is 1. The molecular weight excluding hydrogens is 292 g/mol. The molecule has 0 atom stereocenters. The standard InChI is InChI=1S/C15H11ClN2OS/c1-10(19)2-7-13-14(11-3-5-12(16)6-4-11)17-15-18(13)8-9-20-15/h2-9H,1H3/b7-2+. The minimum atomic E-state index is 0.0113. The van der Waals surface area contributed by atoms with Gasteiger partial charge in [-0.25, -0.2) is 4.98 Å². The number of hydrogen-bond donors (Lipinski definition) is 0. The van der Waals surface area contributed by atoms with Crippen LogP contribution in [0.1, 0.15) is 12.6 Å². The summed E-state index contributed by atoms with van der Waals surface area (Å²) in [5, 5.41) is 2.66. The summed E-state index contributed by atoms with van der Waals surface area (Å²) in [5.41, 5.74) is 2.73. The van der Waals surface area contributed by atoms with Crippen molar-refractivity contribution in [2.75, 3.05) is 0 Å². The Labute approximate surface area is 125 Å². The van der Waals surface area contributed by atoms with E-state index in [2.05, 4.69) is 4.98 Å². The lowest BCUT2D eigenvalue weighted by molar-refractivity contribution is -0.112. The van der Waals surface area contributed by atoms with Crippen molar-refractivity contribution in [3.8, 4) is 11.3 Å². The number of nitrogens with zero attached hydrogens (tertiary/aromatic N) is 2. The molecule has 2 heterocycles. The van der Waals surface area contributed by atoms with E-state index >= 15 is 0 Å². The third kappa shape index (κ3) is 2.40. The number of allylic oxidation sites excluding steroid dienone is 1. The Kier molecular flexibility index (Phi) is 3.42. The molecule has 0 amide bonds. The molecule has 0 fully saturated rings. The molecule has 0 radical (unpaired) electrons. The number of hydrogen-bond acceptors (Lipinski definition) is 3. The fourth-order valence-electron chi connectivity index (χ4n) is 1.98. The molecule has 0 N–H and O–H groups in total. The first-order valence-electron chi connectivity index (χ1n) is 6.05. The molecule has 1 aromatic carbocycles. The van der Waals surface area contributed by atoms with Crippen molar-refractivity contribution in [1.82, 2.24) is 9.38 Å². The van der Waals surface area contributed by atoms with E-state index in [-0.39, 0.29) is 5.78 Å². The SMILES string of the molecule is CC(=O)/C=C/c1c(-c2ccc(Cl)cc2)nc2sccn12. The van der Waals surface area contributed by atoms with Crippen molar-refractivity contribution < 1.29 is 4.79 Å². The Morgan fingerprint density at radius 3 is 2.80 bits per heavy atom. The van der Waals surface area contributed by atoms with Crippen molar-refractivity contribution >= 4 is 39.8 Å². The minimum Gasteiger partial charge on any atom is -0.295 e. The Bertz CT molecular complexity index is 799. The number of fused-ring (bicyclic) bond motifs is 1. The van der Waals surface area contributed by atoms with Crippen LogP contribution in [0.4, 0.5) is 0 Å². The van der Waals surface area contributed by atoms with Gasteiger partial charge in [-0.15, -0.1) is 11.3 Å². The zero-order valence-corrected chi connectivity index (χ0v) is 12.3. The van der Waals surface area contributed by atoms with E-state index in [1.165, 1.54) is 6.92 Å². The predicted molar refractivity (Wildman–Crippen MR) is 83.2 cm³/mol. The van der Waals surface area contributed by atoms with Gasteiger partial charge in [0.05, 0.1) is 11.4 Å². The van der Waals surface area contributed by atoms with Crippen LogP contribution in [0.2, 0.25) is 5.02 Å². The monoisotopic (exact) mass is 302 g/mol. The molecule has 3 aromatic rings. The van der Waals surface area contributed by atoms with Gasteiger partial charge in [0, 0.05) is 22.2 Å². The fourth-order valence-corrected chi connectivity index (χ4v) is 2.83. The van der Waals surface area contributed by atoms with Gasteiger partial charge >= 0.3 is 0 Å². The second kappa shape index (κ2) is 5.23. The predicted octanol–water partition coefficient (Wildman–Crippen LogP) is 4.32. The van der Waals surface area contributed by atoms with E-state index in [1.54, 1.807) is 23.5 Å². The molecule has 0 aliphatic rings. The van der Waals surface area contributed by atoms with Crippen LogP contribution in [0.25, 0.3) is 22.3 Å². The van der Waals surface area contributed by atoms with E-state index in [1.807, 2.05) is 40.2 Å². The van der Waals surface area contributed by atoms with Crippen LogP contribution in [0.3, 0.4) is 0 Å². The summed E-state index contributed by atoms with van der Waals surface area (Å²) in [6.45, 7) is 1.53. The van der Waals surface area contributed by atoms with Gasteiger partial charge in [0.1, 0.15) is 0 Å². The average Bonchev–Trinajstić information content (AvgIpc) is 2.98. The van der Waals surface area contributed by atoms with Crippen molar-refractivity contribution in [3.63, 3.8) is 0 Å². The van der Waals surface area contributed by atoms with E-state index in [0.29, 0.717) is 5.02 Å². The molecule has 0 aliphatic carbocycles. The summed E-state index contributed by atoms with van der Waals surface area (Å²) in [7, 11) is 0. The molecule has 0 aliphatic heterocycles. The first-order valence-corrected chi connectivity index (χ1v) is 7.31. The third-order valence-corrected chi connectivity index (χ3v) is 3.90. The molecule has 20 heavy (non-hydrogen) atoms. The normalized spacial score (nSPS) is 11.5. The molecule has 2 aromatic heterocycles. The molecule has 5 heteroatoms. The smallest absolute Gasteiger partial charge is 0.194 e. The summed E-state index contributed by atoms with van der Waals surface area (Å²) in [6, 6.07) is 7.53. The lowest BCUT2D eigenvalue weighted by atomic mass is 10.1. The number of benzene rings is 1. The summed E-state index contributed by atoms with van der Waals surface area (Å²) in [5.74, 6) is 0.0113. The number of carbonyl (C=O) groups excluding carboxylic acids is 1. The zero-order chi connectivity index (χ0) is 14.1. The van der Waals surface area contributed by atoms with Gasteiger partial charge in [-0.05, 0) is 31.2 Å². The largest absolute Gasteiger partial charge is 0.295 e. The summed E-state index contributed by atoms with van der Waals surface area (Å²) in [6.07, 6.45) is 5.31. The third-order valence-electron chi connectivity index (χ3n) is 2.89. The molecule has 0 saturated carbocycles. The first kappa shape index (κ1) is 13.1. The molecule has 0 saturated heterocycles. The molecule has 3 rings (SSSR count). The first-order chi connectivity index (χ1) is 9.65. The van der Waals surface area contributed by atoms with Gasteiger partial charge < -0.3 is 0 Å². The van der Waals surface area contributed by atoms with Gasteiger partial charge in [-0.1, -0.05) is 23.7 Å². The second-order valence-electron chi connectivity index (χ2n) is 4.35. The molecule has 3 nitrogen and oxygen atoms in total. The van der Waals surface area contributed by atoms with E-state index in [4.69, 9.17) is 11.6 Å². The Balaban J connectivity index is 2.18. The highest BCUT2D eigenvalue weighted by molar-refractivity contribution is 7.15. The quantitative estimate of drug-likeness (QED) is 0.675. The maximum Gasteiger partial charge on any atom is 0.194 e. The van der Waals surface area contributed by atoms with Gasteiger partial charge in [0.25, 0.3) is 0 Å². The Morgan fingerprint density at radius 1 is 1.35 bits per heavy atom. The highest BCUT2D eigenvalue weighted by Gasteiger charge is 2.12. The lowest BCUT2D eigenvalue weighted by Gasteiger charge is -2.00. The van der Waals surface area contributed by atoms with Crippen molar-refractivity contribution in [2.45, 2.75) is 6.92 Å². The van der Waals surface area contributed by atoms with Crippen LogP contribution in [-0.2, 0) is 4.79 Å². The number of imidazole rings is 1. The second-order valence-corrected chi connectivity index (χ2v) is 5.66. The lowest BCUT2D eigenvalue weighted by Crippen LogP contribution is -1.87. The summed E-state index contributed by atoms with van der Waals surface area (Å²) < 4.78 is 1.98. The average molecular weight is 303 g/mol. The molecule has 0 unspecified atom stereocenters. The van der Waals surface area contributed by atoms with E-state index in [9.17, 15) is 4.79 Å². The maximum absolute atomic E-state index is 11.2. The number of ketones is 1. The molecule has 0 bridgehead atoms. The zero-order valence-electron chi connectivity index (χ0n) is 10.7. The minimum absolute atomic E-state index is 0.0113. The van der Waals surface area contributed by atoms with Crippen LogP contribution in [0, 0.1) is 0 Å². The molecular formula is C15H11ClN2OS. The fraction of sp³-hybridized carbons (Fsp3) is 0.0667. The van der Waals surface area contributed by atoms with E-state index in [0.717, 1.165) is 21.9 Å². The topological polar surface area (TPSA) is 34.4 Å². The van der Waals surface area contributed by atoms with Crippen LogP contribution in [0.5, 0.6) is 0 Å². The van der Waals surface area contributed by atoms with Crippen LogP contribution < -0.4 is 0 Å². The van der Waals surface area contributed by atoms with Crippen LogP contribution in [-0.4, -0.2) is 15.2 Å². The highest BCUT2D eigenvalue weighted by atomic mass is 35.5. The number of carbonyl (C=O) groups is 1. The van der Waals surface area contributed by atoms with Gasteiger partial charge in [0.15, 0.2) is 10.7 Å². The van der Waals surface area contributed by atoms with Gasteiger partial charge in [-0.2, -0.15) is 0 Å². The maximum atomic E-state index is 11.2. The number of rotatable bonds is 3. The van der Waals surface area contributed by atoms with Gasteiger partial charge in [0.2, 0.25) is 0 Å². The van der Waals surface area contributed by atoms with Crippen LogP contribution in [0.15, 0.2) is 41.9 Å². The van der Waals surface area contributed by atoms with Crippen molar-refractivity contribution in [2.24, 2.45) is 0 Å². The van der Waals surface area contributed by atoms with Crippen molar-refractivity contribution in [1.29, 1.82) is 0 Å². The Hall–Kier alpha value is -1.91. The molecule has 100 valence electrons.